The molecule has 2 N–H and O–H groups in total. The van der Waals surface area contributed by atoms with Gasteiger partial charge in [0.15, 0.2) is 0 Å². The van der Waals surface area contributed by atoms with Crippen molar-refractivity contribution in [2.75, 3.05) is 6.54 Å². The number of nitrogens with one attached hydrogen (secondary N) is 2. The lowest BCUT2D eigenvalue weighted by atomic mass is 10.0. The highest BCUT2D eigenvalue weighted by molar-refractivity contribution is 5.92. The van der Waals surface area contributed by atoms with Gasteiger partial charge >= 0.3 is 12.2 Å². The lowest BCUT2D eigenvalue weighted by molar-refractivity contribution is -0.140. The monoisotopic (exact) mass is 566 g/mol. The standard InChI is InChI=1S/C31H42N4O6/c1-31(2,3)41-29(38)33-24-14-8-6-4-5-7-11-20-15-25(20)32-27(36)26-16-23(19-35(26)28(24)37)40-30(39)34-17-21-12-9-10-13-22(21)18-34/h7,9-13,20,23-26H,4-6,8,14-19H2,1-3H3,(H,32,36)(H,33,38)/b11-7-/t20-,23-,24+,25?,26+/m1/s1. The number of hydrogen-bond acceptors (Lipinski definition) is 6. The summed E-state index contributed by atoms with van der Waals surface area (Å²) in [5.41, 5.74) is 1.45. The minimum atomic E-state index is -0.850. The molecule has 222 valence electrons. The van der Waals surface area contributed by atoms with E-state index in [2.05, 4.69) is 22.8 Å². The molecular formula is C31H42N4O6. The minimum absolute atomic E-state index is 0.0428. The second-order valence-electron chi connectivity index (χ2n) is 12.7. The Morgan fingerprint density at radius 1 is 1.02 bits per heavy atom. The summed E-state index contributed by atoms with van der Waals surface area (Å²) < 4.78 is 11.3. The van der Waals surface area contributed by atoms with Gasteiger partial charge in [0, 0.05) is 25.6 Å². The molecule has 0 radical (unpaired) electrons. The van der Waals surface area contributed by atoms with Crippen molar-refractivity contribution in [1.29, 1.82) is 0 Å². The molecule has 3 heterocycles. The van der Waals surface area contributed by atoms with E-state index in [0.29, 0.717) is 25.4 Å². The third-order valence-corrected chi connectivity index (χ3v) is 8.12. The molecule has 1 saturated carbocycles. The Morgan fingerprint density at radius 3 is 2.46 bits per heavy atom. The highest BCUT2D eigenvalue weighted by atomic mass is 16.6. The fraction of sp³-hybridized carbons (Fsp3) is 0.613. The fourth-order valence-corrected chi connectivity index (χ4v) is 5.89. The maximum absolute atomic E-state index is 14.0. The number of alkyl carbamates (subject to hydrolysis) is 1. The summed E-state index contributed by atoms with van der Waals surface area (Å²) in [7, 11) is 0. The number of nitrogens with zero attached hydrogens (tertiary/aromatic N) is 2. The van der Waals surface area contributed by atoms with E-state index in [1.54, 1.807) is 25.7 Å². The van der Waals surface area contributed by atoms with Gasteiger partial charge in [0.2, 0.25) is 11.8 Å². The number of rotatable bonds is 2. The topological polar surface area (TPSA) is 117 Å². The molecule has 10 heteroatoms. The molecule has 2 fully saturated rings. The average molecular weight is 567 g/mol. The van der Waals surface area contributed by atoms with E-state index in [4.69, 9.17) is 9.47 Å². The number of carbonyl (C=O) groups is 4. The number of ether oxygens (including phenoxy) is 2. The average Bonchev–Trinajstić information content (AvgIpc) is 3.30. The van der Waals surface area contributed by atoms with Gasteiger partial charge in [0.05, 0.1) is 6.54 Å². The molecule has 4 aliphatic rings. The van der Waals surface area contributed by atoms with Crippen LogP contribution in [0, 0.1) is 5.92 Å². The first kappa shape index (κ1) is 29.0. The Morgan fingerprint density at radius 2 is 1.76 bits per heavy atom. The number of fused-ring (bicyclic) bond motifs is 3. The van der Waals surface area contributed by atoms with Crippen molar-refractivity contribution in [3.05, 3.63) is 47.5 Å². The Kier molecular flexibility index (Phi) is 8.56. The summed E-state index contributed by atoms with van der Waals surface area (Å²) in [5.74, 6) is -0.303. The van der Waals surface area contributed by atoms with Crippen molar-refractivity contribution in [2.45, 2.75) is 109 Å². The second-order valence-corrected chi connectivity index (χ2v) is 12.7. The van der Waals surface area contributed by atoms with Gasteiger partial charge < -0.3 is 25.0 Å². The van der Waals surface area contributed by atoms with Crippen LogP contribution in [0.25, 0.3) is 0 Å². The van der Waals surface area contributed by atoms with Crippen molar-refractivity contribution in [3.63, 3.8) is 0 Å². The molecule has 0 aromatic heterocycles. The molecule has 3 aliphatic heterocycles. The summed E-state index contributed by atoms with van der Waals surface area (Å²) in [4.78, 5) is 56.3. The van der Waals surface area contributed by atoms with Gasteiger partial charge in [-0.05, 0) is 63.5 Å². The molecule has 1 aromatic carbocycles. The molecule has 1 saturated heterocycles. The summed E-state index contributed by atoms with van der Waals surface area (Å²) in [6.07, 6.45) is 7.66. The largest absolute Gasteiger partial charge is 0.444 e. The van der Waals surface area contributed by atoms with E-state index in [0.717, 1.165) is 43.2 Å². The first-order valence-electron chi connectivity index (χ1n) is 14.9. The van der Waals surface area contributed by atoms with Crippen molar-refractivity contribution in [2.24, 2.45) is 5.92 Å². The van der Waals surface area contributed by atoms with Gasteiger partial charge in [-0.3, -0.25) is 14.5 Å². The third-order valence-electron chi connectivity index (χ3n) is 8.12. The maximum Gasteiger partial charge on any atom is 0.410 e. The van der Waals surface area contributed by atoms with Crippen LogP contribution in [0.1, 0.15) is 76.8 Å². The van der Waals surface area contributed by atoms with E-state index >= 15 is 0 Å². The normalized spacial score (nSPS) is 29.2. The van der Waals surface area contributed by atoms with Gasteiger partial charge in [-0.2, -0.15) is 0 Å². The molecule has 5 rings (SSSR count). The van der Waals surface area contributed by atoms with Gasteiger partial charge in [-0.15, -0.1) is 0 Å². The summed E-state index contributed by atoms with van der Waals surface area (Å²) >= 11 is 0. The molecule has 1 unspecified atom stereocenters. The number of carbonyl (C=O) groups excluding carboxylic acids is 4. The molecule has 1 aromatic rings. The van der Waals surface area contributed by atoms with E-state index in [-0.39, 0.29) is 30.8 Å². The van der Waals surface area contributed by atoms with Gasteiger partial charge in [-0.1, -0.05) is 49.3 Å². The van der Waals surface area contributed by atoms with Crippen LogP contribution in [0.2, 0.25) is 0 Å². The van der Waals surface area contributed by atoms with Crippen LogP contribution in [-0.2, 0) is 32.2 Å². The van der Waals surface area contributed by atoms with Gasteiger partial charge in [0.1, 0.15) is 23.8 Å². The zero-order chi connectivity index (χ0) is 29.1. The van der Waals surface area contributed by atoms with Crippen molar-refractivity contribution < 1.29 is 28.7 Å². The summed E-state index contributed by atoms with van der Waals surface area (Å²) in [6.45, 7) is 6.32. The van der Waals surface area contributed by atoms with E-state index in [9.17, 15) is 19.2 Å². The molecule has 0 bridgehead atoms. The number of benzene rings is 1. The van der Waals surface area contributed by atoms with Crippen LogP contribution >= 0.6 is 0 Å². The quantitative estimate of drug-likeness (QED) is 0.522. The van der Waals surface area contributed by atoms with Crippen LogP contribution in [0.4, 0.5) is 9.59 Å². The number of hydrogen-bond donors (Lipinski definition) is 2. The zero-order valence-electron chi connectivity index (χ0n) is 24.3. The fourth-order valence-electron chi connectivity index (χ4n) is 5.89. The second kappa shape index (κ2) is 12.1. The molecule has 10 nitrogen and oxygen atoms in total. The predicted octanol–water partition coefficient (Wildman–Crippen LogP) is 4.03. The van der Waals surface area contributed by atoms with Crippen LogP contribution in [0.5, 0.6) is 0 Å². The van der Waals surface area contributed by atoms with Crippen molar-refractivity contribution in [1.82, 2.24) is 20.4 Å². The van der Waals surface area contributed by atoms with Crippen LogP contribution in [-0.4, -0.2) is 70.2 Å². The molecule has 0 spiro atoms. The molecule has 1 aliphatic carbocycles. The SMILES string of the molecule is CC(C)(C)OC(=O)N[C@H]1CCCCC/C=C\[C@@H]2CC2NC(=O)[C@@H]2C[C@@H](OC(=O)N3Cc4ccccc4C3)CN2C1=O. The maximum atomic E-state index is 14.0. The predicted molar refractivity (Wildman–Crippen MR) is 151 cm³/mol. The Bertz CT molecular complexity index is 1170. The lowest BCUT2D eigenvalue weighted by Crippen LogP contribution is -2.54. The first-order valence-corrected chi connectivity index (χ1v) is 14.9. The van der Waals surface area contributed by atoms with E-state index < -0.39 is 36.0 Å². The highest BCUT2D eigenvalue weighted by Crippen LogP contribution is 2.33. The lowest BCUT2D eigenvalue weighted by Gasteiger charge is -2.29. The smallest absolute Gasteiger partial charge is 0.410 e. The number of allylic oxidation sites excluding steroid dienone is 1. The summed E-state index contributed by atoms with van der Waals surface area (Å²) in [5, 5.41) is 5.85. The van der Waals surface area contributed by atoms with Crippen LogP contribution < -0.4 is 10.6 Å². The third kappa shape index (κ3) is 7.40. The first-order chi connectivity index (χ1) is 19.6. The molecular weight excluding hydrogens is 524 g/mol. The van der Waals surface area contributed by atoms with Crippen LogP contribution in [0.3, 0.4) is 0 Å². The zero-order valence-corrected chi connectivity index (χ0v) is 24.3. The molecule has 41 heavy (non-hydrogen) atoms. The molecule has 4 amide bonds. The Balaban J connectivity index is 1.31. The van der Waals surface area contributed by atoms with E-state index in [1.165, 1.54) is 4.90 Å². The van der Waals surface area contributed by atoms with Crippen molar-refractivity contribution >= 4 is 24.0 Å². The van der Waals surface area contributed by atoms with Gasteiger partial charge in [0.25, 0.3) is 0 Å². The van der Waals surface area contributed by atoms with E-state index in [1.807, 2.05) is 24.3 Å². The highest BCUT2D eigenvalue weighted by Gasteiger charge is 2.46. The van der Waals surface area contributed by atoms with Gasteiger partial charge in [-0.25, -0.2) is 9.59 Å². The molecule has 5 atom stereocenters. The summed E-state index contributed by atoms with van der Waals surface area (Å²) in [6, 6.07) is 6.28. The Labute approximate surface area is 241 Å². The number of amides is 4. The van der Waals surface area contributed by atoms with Crippen molar-refractivity contribution in [3.8, 4) is 0 Å². The minimum Gasteiger partial charge on any atom is -0.444 e. The van der Waals surface area contributed by atoms with Crippen LogP contribution in [0.15, 0.2) is 36.4 Å². The Hall–Kier alpha value is -3.56.